The van der Waals surface area contributed by atoms with Crippen LogP contribution in [0.1, 0.15) is 18.4 Å². The number of nitrogens with zero attached hydrogens (tertiary/aromatic N) is 3. The number of ether oxygens (including phenoxy) is 2. The Hall–Kier alpha value is -3.07. The smallest absolute Gasteiger partial charge is 0.246 e. The van der Waals surface area contributed by atoms with E-state index in [-0.39, 0.29) is 19.1 Å². The number of anilines is 1. The molecule has 2 heterocycles. The standard InChI is InChI=1S/C27H33ClN4O4/c1-3-35-24-9-7-21(8-10-24)27-30-25(20(2)36-27)18-34-19-26(33)29-11-12-31-13-15-32(16-14-31)23-6-4-5-22(28)17-23/h4-10,17H,3,11-16,18-19H2,1-2H3,(H,29,33). The van der Waals surface area contributed by atoms with Gasteiger partial charge in [0.2, 0.25) is 11.8 Å². The van der Waals surface area contributed by atoms with Gasteiger partial charge in [-0.25, -0.2) is 4.98 Å². The van der Waals surface area contributed by atoms with Crippen molar-refractivity contribution in [3.05, 3.63) is 65.0 Å². The maximum Gasteiger partial charge on any atom is 0.246 e. The lowest BCUT2D eigenvalue weighted by molar-refractivity contribution is -0.126. The third-order valence-corrected chi connectivity index (χ3v) is 6.31. The van der Waals surface area contributed by atoms with Crippen molar-refractivity contribution in [2.24, 2.45) is 0 Å². The second-order valence-corrected chi connectivity index (χ2v) is 9.07. The van der Waals surface area contributed by atoms with Crippen LogP contribution in [0.2, 0.25) is 5.02 Å². The summed E-state index contributed by atoms with van der Waals surface area (Å²) in [6, 6.07) is 15.5. The van der Waals surface area contributed by atoms with E-state index in [4.69, 9.17) is 25.5 Å². The average molecular weight is 513 g/mol. The van der Waals surface area contributed by atoms with Crippen molar-refractivity contribution >= 4 is 23.2 Å². The third-order valence-electron chi connectivity index (χ3n) is 6.07. The first kappa shape index (κ1) is 26.0. The minimum absolute atomic E-state index is 0.0206. The number of carbonyl (C=O) groups excluding carboxylic acids is 1. The molecule has 9 heteroatoms. The molecule has 36 heavy (non-hydrogen) atoms. The number of rotatable bonds is 11. The number of hydrogen-bond acceptors (Lipinski definition) is 7. The maximum atomic E-state index is 12.2. The fourth-order valence-electron chi connectivity index (χ4n) is 4.09. The van der Waals surface area contributed by atoms with Crippen molar-refractivity contribution in [2.75, 3.05) is 57.4 Å². The highest BCUT2D eigenvalue weighted by Gasteiger charge is 2.17. The zero-order valence-electron chi connectivity index (χ0n) is 20.8. The van der Waals surface area contributed by atoms with E-state index in [0.29, 0.717) is 30.5 Å². The number of piperazine rings is 1. The molecule has 1 amide bonds. The average Bonchev–Trinajstić information content (AvgIpc) is 3.25. The molecule has 1 N–H and O–H groups in total. The van der Waals surface area contributed by atoms with Crippen molar-refractivity contribution in [2.45, 2.75) is 20.5 Å². The molecule has 1 aliphatic heterocycles. The molecule has 4 rings (SSSR count). The van der Waals surface area contributed by atoms with E-state index in [0.717, 1.165) is 54.7 Å². The molecule has 192 valence electrons. The third kappa shape index (κ3) is 7.22. The Morgan fingerprint density at radius 3 is 2.64 bits per heavy atom. The Kier molecular flexibility index (Phi) is 9.22. The van der Waals surface area contributed by atoms with E-state index < -0.39 is 0 Å². The number of benzene rings is 2. The molecule has 2 aromatic carbocycles. The van der Waals surface area contributed by atoms with E-state index in [9.17, 15) is 4.79 Å². The highest BCUT2D eigenvalue weighted by molar-refractivity contribution is 6.30. The first-order chi connectivity index (χ1) is 17.5. The Morgan fingerprint density at radius 2 is 1.92 bits per heavy atom. The molecule has 1 aliphatic rings. The maximum absolute atomic E-state index is 12.2. The molecule has 8 nitrogen and oxygen atoms in total. The molecule has 3 aromatic rings. The highest BCUT2D eigenvalue weighted by Crippen LogP contribution is 2.24. The van der Waals surface area contributed by atoms with Crippen LogP contribution in [0.15, 0.2) is 52.9 Å². The van der Waals surface area contributed by atoms with Crippen LogP contribution in [-0.2, 0) is 16.1 Å². The Labute approximate surface area is 217 Å². The van der Waals surface area contributed by atoms with E-state index in [1.165, 1.54) is 0 Å². The lowest BCUT2D eigenvalue weighted by Crippen LogP contribution is -2.48. The second-order valence-electron chi connectivity index (χ2n) is 8.63. The molecule has 0 spiro atoms. The van der Waals surface area contributed by atoms with Gasteiger partial charge in [0.15, 0.2) is 0 Å². The van der Waals surface area contributed by atoms with Crippen LogP contribution in [-0.4, -0.2) is 68.3 Å². The van der Waals surface area contributed by atoms with Crippen molar-refractivity contribution in [3.8, 4) is 17.2 Å². The number of hydrogen-bond donors (Lipinski definition) is 1. The largest absolute Gasteiger partial charge is 0.494 e. The number of aromatic nitrogens is 1. The van der Waals surface area contributed by atoms with Crippen LogP contribution in [0.3, 0.4) is 0 Å². The van der Waals surface area contributed by atoms with E-state index in [1.807, 2.05) is 56.3 Å². The number of carbonyl (C=O) groups is 1. The zero-order valence-corrected chi connectivity index (χ0v) is 21.6. The van der Waals surface area contributed by atoms with Crippen molar-refractivity contribution in [3.63, 3.8) is 0 Å². The summed E-state index contributed by atoms with van der Waals surface area (Å²) in [5.41, 5.74) is 2.70. The van der Waals surface area contributed by atoms with Gasteiger partial charge in [-0.15, -0.1) is 0 Å². The van der Waals surface area contributed by atoms with Gasteiger partial charge in [-0.2, -0.15) is 0 Å². The summed E-state index contributed by atoms with van der Waals surface area (Å²) in [5, 5.41) is 3.69. The number of amides is 1. The van der Waals surface area contributed by atoms with Gasteiger partial charge < -0.3 is 24.1 Å². The lowest BCUT2D eigenvalue weighted by atomic mass is 10.2. The van der Waals surface area contributed by atoms with Gasteiger partial charge in [0.25, 0.3) is 0 Å². The predicted molar refractivity (Wildman–Crippen MR) is 141 cm³/mol. The van der Waals surface area contributed by atoms with Gasteiger partial charge in [-0.3, -0.25) is 9.69 Å². The molecule has 0 radical (unpaired) electrons. The first-order valence-electron chi connectivity index (χ1n) is 12.3. The molecular weight excluding hydrogens is 480 g/mol. The summed E-state index contributed by atoms with van der Waals surface area (Å²) >= 11 is 6.11. The fraction of sp³-hybridized carbons (Fsp3) is 0.407. The molecule has 1 saturated heterocycles. The SMILES string of the molecule is CCOc1ccc(-c2nc(COCC(=O)NCCN3CCN(c4cccc(Cl)c4)CC3)c(C)o2)cc1. The van der Waals surface area contributed by atoms with Crippen LogP contribution in [0.4, 0.5) is 5.69 Å². The molecule has 0 atom stereocenters. The zero-order chi connectivity index (χ0) is 25.3. The van der Waals surface area contributed by atoms with E-state index in [2.05, 4.69) is 26.2 Å². The van der Waals surface area contributed by atoms with Gasteiger partial charge in [-0.05, 0) is 56.3 Å². The number of halogens is 1. The van der Waals surface area contributed by atoms with E-state index >= 15 is 0 Å². The normalized spacial score (nSPS) is 14.1. The summed E-state index contributed by atoms with van der Waals surface area (Å²) < 4.78 is 16.8. The van der Waals surface area contributed by atoms with Gasteiger partial charge in [0.1, 0.15) is 23.8 Å². The Morgan fingerprint density at radius 1 is 1.14 bits per heavy atom. The minimum Gasteiger partial charge on any atom is -0.494 e. The van der Waals surface area contributed by atoms with Crippen molar-refractivity contribution in [1.29, 1.82) is 0 Å². The monoisotopic (exact) mass is 512 g/mol. The van der Waals surface area contributed by atoms with Crippen LogP contribution in [0.25, 0.3) is 11.5 Å². The summed E-state index contributed by atoms with van der Waals surface area (Å²) in [6.07, 6.45) is 0. The van der Waals surface area contributed by atoms with Gasteiger partial charge in [-0.1, -0.05) is 17.7 Å². The Balaban J connectivity index is 1.13. The number of oxazole rings is 1. The van der Waals surface area contributed by atoms with Gasteiger partial charge in [0.05, 0.1) is 13.2 Å². The predicted octanol–water partition coefficient (Wildman–Crippen LogP) is 4.16. The van der Waals surface area contributed by atoms with Gasteiger partial charge >= 0.3 is 0 Å². The summed E-state index contributed by atoms with van der Waals surface area (Å²) in [4.78, 5) is 21.4. The van der Waals surface area contributed by atoms with Gasteiger partial charge in [0, 0.05) is 55.5 Å². The molecule has 0 saturated carbocycles. The molecular formula is C27H33ClN4O4. The summed E-state index contributed by atoms with van der Waals surface area (Å²) in [6.45, 7) is 9.77. The van der Waals surface area contributed by atoms with Crippen molar-refractivity contribution < 1.29 is 18.7 Å². The number of aryl methyl sites for hydroxylation is 1. The quantitative estimate of drug-likeness (QED) is 0.413. The molecule has 1 aromatic heterocycles. The van der Waals surface area contributed by atoms with Crippen LogP contribution in [0, 0.1) is 6.92 Å². The van der Waals surface area contributed by atoms with E-state index in [1.54, 1.807) is 0 Å². The highest BCUT2D eigenvalue weighted by atomic mass is 35.5. The number of nitrogens with one attached hydrogen (secondary N) is 1. The van der Waals surface area contributed by atoms with Crippen LogP contribution >= 0.6 is 11.6 Å². The molecule has 0 bridgehead atoms. The first-order valence-corrected chi connectivity index (χ1v) is 12.7. The van der Waals surface area contributed by atoms with Crippen LogP contribution < -0.4 is 15.0 Å². The summed E-state index contributed by atoms with van der Waals surface area (Å²) in [5.74, 6) is 1.87. The topological polar surface area (TPSA) is 80.1 Å². The fourth-order valence-corrected chi connectivity index (χ4v) is 4.28. The molecule has 0 unspecified atom stereocenters. The van der Waals surface area contributed by atoms with Crippen molar-refractivity contribution in [1.82, 2.24) is 15.2 Å². The molecule has 1 fully saturated rings. The Bertz CT molecular complexity index is 1130. The molecule has 0 aliphatic carbocycles. The lowest BCUT2D eigenvalue weighted by Gasteiger charge is -2.36. The summed E-state index contributed by atoms with van der Waals surface area (Å²) in [7, 11) is 0. The second kappa shape index (κ2) is 12.8. The van der Waals surface area contributed by atoms with Crippen LogP contribution in [0.5, 0.6) is 5.75 Å². The minimum atomic E-state index is -0.138.